The second kappa shape index (κ2) is 11.6. The average molecular weight is 645 g/mol. The minimum Gasteiger partial charge on any atom is -0.444 e. The number of rotatable bonds is 6. The Morgan fingerprint density at radius 1 is 0.875 bits per heavy atom. The van der Waals surface area contributed by atoms with Crippen LogP contribution in [-0.2, 0) is 9.53 Å². The highest BCUT2D eigenvalue weighted by Crippen LogP contribution is 2.65. The number of ether oxygens (including phenoxy) is 1. The molecule has 1 heterocycles. The molecule has 1 aromatic heterocycles. The largest absolute Gasteiger partial charge is 0.444 e. The van der Waals surface area contributed by atoms with Crippen molar-refractivity contribution in [2.24, 2.45) is 5.92 Å². The molecule has 40 heavy (non-hydrogen) atoms. The normalized spacial score (nSPS) is 17.5. The predicted octanol–water partition coefficient (Wildman–Crippen LogP) is 8.17. The molecule has 8 nitrogen and oxygen atoms in total. The summed E-state index contributed by atoms with van der Waals surface area (Å²) >= 11 is 31.3. The molecule has 0 radical (unpaired) electrons. The van der Waals surface area contributed by atoms with Gasteiger partial charge in [-0.25, -0.2) is 9.78 Å². The summed E-state index contributed by atoms with van der Waals surface area (Å²) in [5.41, 5.74) is 0.316. The second-order valence-corrected chi connectivity index (χ2v) is 12.7. The van der Waals surface area contributed by atoms with Crippen LogP contribution < -0.4 is 16.0 Å². The molecule has 0 spiro atoms. The van der Waals surface area contributed by atoms with Crippen molar-refractivity contribution in [3.05, 3.63) is 80.8 Å². The van der Waals surface area contributed by atoms with Crippen LogP contribution in [0, 0.1) is 5.92 Å². The van der Waals surface area contributed by atoms with E-state index in [2.05, 4.69) is 20.9 Å². The van der Waals surface area contributed by atoms with Crippen LogP contribution in [0.2, 0.25) is 15.1 Å². The molecule has 1 fully saturated rings. The van der Waals surface area contributed by atoms with Gasteiger partial charge in [-0.15, -0.1) is 23.2 Å². The third-order valence-corrected chi connectivity index (χ3v) is 7.38. The maximum atomic E-state index is 13.1. The number of alkyl halides is 2. The highest BCUT2D eigenvalue weighted by Gasteiger charge is 2.67. The Morgan fingerprint density at radius 2 is 1.50 bits per heavy atom. The predicted molar refractivity (Wildman–Crippen MR) is 159 cm³/mol. The Balaban J connectivity index is 1.45. The van der Waals surface area contributed by atoms with E-state index in [0.29, 0.717) is 21.3 Å². The van der Waals surface area contributed by atoms with E-state index in [1.165, 1.54) is 18.2 Å². The number of amides is 3. The van der Waals surface area contributed by atoms with Gasteiger partial charge in [0.05, 0.1) is 16.5 Å². The van der Waals surface area contributed by atoms with Crippen molar-refractivity contribution in [2.75, 3.05) is 16.0 Å². The topological polar surface area (TPSA) is 109 Å². The summed E-state index contributed by atoms with van der Waals surface area (Å²) in [6, 6.07) is 14.0. The zero-order valence-electron chi connectivity index (χ0n) is 21.3. The van der Waals surface area contributed by atoms with Gasteiger partial charge in [-0.05, 0) is 74.9 Å². The van der Waals surface area contributed by atoms with Crippen molar-refractivity contribution in [3.63, 3.8) is 0 Å². The summed E-state index contributed by atoms with van der Waals surface area (Å²) in [6.45, 7) is 5.20. The molecule has 0 bridgehead atoms. The SMILES string of the molecule is CC(C)(C)OC(=O)Nc1cccc(NC(=O)c2cc(NC(=O)C3C(c4cc(Cl)cc(Cl)c4)C3(Cl)Cl)ccc2Cl)n1. The van der Waals surface area contributed by atoms with E-state index in [1.807, 2.05) is 0 Å². The Labute approximate surface area is 255 Å². The van der Waals surface area contributed by atoms with Crippen molar-refractivity contribution in [2.45, 2.75) is 36.6 Å². The van der Waals surface area contributed by atoms with Gasteiger partial charge in [0.25, 0.3) is 5.91 Å². The molecule has 1 aliphatic rings. The minimum absolute atomic E-state index is 0.0729. The van der Waals surface area contributed by atoms with Gasteiger partial charge in [-0.2, -0.15) is 0 Å². The fourth-order valence-electron chi connectivity index (χ4n) is 3.99. The summed E-state index contributed by atoms with van der Waals surface area (Å²) in [4.78, 5) is 42.3. The van der Waals surface area contributed by atoms with Crippen LogP contribution in [-0.4, -0.2) is 32.8 Å². The third-order valence-electron chi connectivity index (χ3n) is 5.68. The number of nitrogens with one attached hydrogen (secondary N) is 3. The van der Waals surface area contributed by atoms with Gasteiger partial charge in [0.1, 0.15) is 21.6 Å². The van der Waals surface area contributed by atoms with Gasteiger partial charge in [-0.1, -0.05) is 40.9 Å². The van der Waals surface area contributed by atoms with Gasteiger partial charge >= 0.3 is 6.09 Å². The summed E-state index contributed by atoms with van der Waals surface area (Å²) < 4.78 is 3.84. The Kier molecular flexibility index (Phi) is 8.78. The van der Waals surface area contributed by atoms with Gasteiger partial charge in [0.2, 0.25) is 5.91 Å². The number of halogens is 5. The number of benzene rings is 2. The van der Waals surface area contributed by atoms with Crippen molar-refractivity contribution >= 4 is 93.2 Å². The number of nitrogens with zero attached hydrogens (tertiary/aromatic N) is 1. The number of carbonyl (C=O) groups is 3. The number of pyridine rings is 1. The molecule has 3 amide bonds. The molecule has 3 aromatic rings. The zero-order chi connectivity index (χ0) is 29.4. The molecule has 13 heteroatoms. The van der Waals surface area contributed by atoms with Crippen molar-refractivity contribution in [1.82, 2.24) is 4.98 Å². The summed E-state index contributed by atoms with van der Waals surface area (Å²) in [7, 11) is 0. The first-order valence-electron chi connectivity index (χ1n) is 11.9. The molecule has 2 aromatic carbocycles. The summed E-state index contributed by atoms with van der Waals surface area (Å²) in [5.74, 6) is -2.05. The highest BCUT2D eigenvalue weighted by atomic mass is 35.5. The van der Waals surface area contributed by atoms with E-state index in [4.69, 9.17) is 62.7 Å². The average Bonchev–Trinajstić information content (AvgIpc) is 3.40. The number of carbonyl (C=O) groups excluding carboxylic acids is 3. The van der Waals surface area contributed by atoms with E-state index in [-0.39, 0.29) is 22.2 Å². The van der Waals surface area contributed by atoms with Crippen LogP contribution >= 0.6 is 58.0 Å². The van der Waals surface area contributed by atoms with Gasteiger partial charge < -0.3 is 15.4 Å². The van der Waals surface area contributed by atoms with Crippen LogP contribution in [0.1, 0.15) is 42.6 Å². The van der Waals surface area contributed by atoms with Gasteiger partial charge in [0.15, 0.2) is 0 Å². The van der Waals surface area contributed by atoms with Gasteiger partial charge in [0, 0.05) is 21.7 Å². The smallest absolute Gasteiger partial charge is 0.413 e. The molecular formula is C27H23Cl5N4O4. The number of hydrogen-bond donors (Lipinski definition) is 3. The van der Waals surface area contributed by atoms with E-state index in [0.717, 1.165) is 0 Å². The van der Waals surface area contributed by atoms with E-state index in [9.17, 15) is 14.4 Å². The maximum Gasteiger partial charge on any atom is 0.413 e. The van der Waals surface area contributed by atoms with Crippen molar-refractivity contribution in [1.29, 1.82) is 0 Å². The molecule has 0 aliphatic heterocycles. The molecule has 4 rings (SSSR count). The monoisotopic (exact) mass is 642 g/mol. The Morgan fingerprint density at radius 3 is 2.12 bits per heavy atom. The summed E-state index contributed by atoms with van der Waals surface area (Å²) in [5, 5.41) is 8.79. The van der Waals surface area contributed by atoms with Crippen molar-refractivity contribution in [3.8, 4) is 0 Å². The fraction of sp³-hybridized carbons (Fsp3) is 0.259. The van der Waals surface area contributed by atoms with Crippen LogP contribution in [0.15, 0.2) is 54.6 Å². The maximum absolute atomic E-state index is 13.1. The highest BCUT2D eigenvalue weighted by molar-refractivity contribution is 6.53. The van der Waals surface area contributed by atoms with Crippen LogP contribution in [0.4, 0.5) is 22.1 Å². The molecule has 210 valence electrons. The minimum atomic E-state index is -1.37. The lowest BCUT2D eigenvalue weighted by atomic mass is 10.1. The molecule has 0 saturated heterocycles. The van der Waals surface area contributed by atoms with Crippen LogP contribution in [0.25, 0.3) is 0 Å². The molecule has 1 saturated carbocycles. The first kappa shape index (κ1) is 30.2. The van der Waals surface area contributed by atoms with E-state index in [1.54, 1.807) is 57.2 Å². The summed E-state index contributed by atoms with van der Waals surface area (Å²) in [6.07, 6.45) is -0.691. The molecule has 3 N–H and O–H groups in total. The quantitative estimate of drug-likeness (QED) is 0.235. The number of hydrogen-bond acceptors (Lipinski definition) is 5. The molecule has 1 aliphatic carbocycles. The lowest BCUT2D eigenvalue weighted by Crippen LogP contribution is -2.27. The number of aromatic nitrogens is 1. The van der Waals surface area contributed by atoms with Crippen LogP contribution in [0.3, 0.4) is 0 Å². The first-order chi connectivity index (χ1) is 18.6. The van der Waals surface area contributed by atoms with Crippen molar-refractivity contribution < 1.29 is 19.1 Å². The first-order valence-corrected chi connectivity index (χ1v) is 13.8. The molecule has 2 atom stereocenters. The third kappa shape index (κ3) is 7.30. The Bertz CT molecular complexity index is 1470. The number of anilines is 3. The van der Waals surface area contributed by atoms with E-state index >= 15 is 0 Å². The molecule has 2 unspecified atom stereocenters. The standard InChI is InChI=1S/C27H23Cl5N4O4/c1-26(2,3)40-25(39)36-20-6-4-5-19(34-20)35-23(37)17-12-16(7-8-18(17)30)33-24(38)22-21(27(22,31)32)13-9-14(28)11-15(29)10-13/h4-12,21-22H,1-3H3,(H,33,38)(H2,34,35,36,37,39). The van der Waals surface area contributed by atoms with Gasteiger partial charge in [-0.3, -0.25) is 14.9 Å². The Hall–Kier alpha value is -2.75. The fourth-order valence-corrected chi connectivity index (χ4v) is 5.56. The molecular weight excluding hydrogens is 622 g/mol. The second-order valence-electron chi connectivity index (χ2n) is 10.0. The van der Waals surface area contributed by atoms with Crippen LogP contribution in [0.5, 0.6) is 0 Å². The lowest BCUT2D eigenvalue weighted by molar-refractivity contribution is -0.117. The van der Waals surface area contributed by atoms with E-state index < -0.39 is 39.7 Å². The lowest BCUT2D eigenvalue weighted by Gasteiger charge is -2.19. The zero-order valence-corrected chi connectivity index (χ0v) is 25.1.